The number of nitrogens with zero attached hydrogens (tertiary/aromatic N) is 5. The second-order valence-electron chi connectivity index (χ2n) is 7.04. The smallest absolute Gasteiger partial charge is 0.266 e. The largest absolute Gasteiger partial charge is 0.293 e. The number of tetrazole rings is 1. The van der Waals surface area contributed by atoms with Crippen LogP contribution in [0.4, 0.5) is 0 Å². The van der Waals surface area contributed by atoms with E-state index in [1.165, 1.54) is 11.8 Å². The van der Waals surface area contributed by atoms with Gasteiger partial charge in [-0.3, -0.25) is 9.69 Å². The molecule has 164 valence electrons. The van der Waals surface area contributed by atoms with Gasteiger partial charge in [-0.1, -0.05) is 64.9 Å². The zero-order valence-corrected chi connectivity index (χ0v) is 19.9. The van der Waals surface area contributed by atoms with Crippen molar-refractivity contribution in [2.45, 2.75) is 25.7 Å². The molecule has 1 aliphatic rings. The predicted octanol–water partition coefficient (Wildman–Crippen LogP) is 5.18. The minimum Gasteiger partial charge on any atom is -0.293 e. The lowest BCUT2D eigenvalue weighted by molar-refractivity contribution is -0.122. The van der Waals surface area contributed by atoms with Gasteiger partial charge in [-0.2, -0.15) is 5.21 Å². The van der Waals surface area contributed by atoms with Gasteiger partial charge >= 0.3 is 0 Å². The minimum absolute atomic E-state index is 0.0881. The fourth-order valence-electron chi connectivity index (χ4n) is 3.22. The fourth-order valence-corrected chi connectivity index (χ4v) is 5.02. The van der Waals surface area contributed by atoms with E-state index < -0.39 is 0 Å². The minimum atomic E-state index is -0.0881. The van der Waals surface area contributed by atoms with Gasteiger partial charge in [0.1, 0.15) is 4.32 Å². The van der Waals surface area contributed by atoms with Crippen LogP contribution in [0.5, 0.6) is 0 Å². The highest BCUT2D eigenvalue weighted by Gasteiger charge is 2.31. The lowest BCUT2D eigenvalue weighted by Gasteiger charge is -2.13. The molecule has 1 aromatic carbocycles. The maximum atomic E-state index is 12.9. The van der Waals surface area contributed by atoms with Gasteiger partial charge in [0.15, 0.2) is 5.82 Å². The number of thioether (sulfide) groups is 1. The van der Waals surface area contributed by atoms with Crippen molar-refractivity contribution in [1.29, 1.82) is 0 Å². The van der Waals surface area contributed by atoms with E-state index in [1.807, 2.05) is 24.3 Å². The molecule has 0 unspecified atom stereocenters. The van der Waals surface area contributed by atoms with Crippen molar-refractivity contribution < 1.29 is 4.79 Å². The summed E-state index contributed by atoms with van der Waals surface area (Å²) in [6.45, 7) is 0.585. The van der Waals surface area contributed by atoms with Crippen LogP contribution in [0.15, 0.2) is 41.3 Å². The molecule has 1 N–H and O–H groups in total. The fraction of sp³-hybridized carbons (Fsp3) is 0.238. The van der Waals surface area contributed by atoms with Crippen LogP contribution in [-0.2, 0) is 11.2 Å². The first-order valence-corrected chi connectivity index (χ1v) is 11.9. The Morgan fingerprint density at radius 2 is 2.03 bits per heavy atom. The van der Waals surface area contributed by atoms with E-state index >= 15 is 0 Å². The number of unbranched alkanes of at least 4 members (excludes halogenated alkanes) is 2. The highest BCUT2D eigenvalue weighted by Crippen LogP contribution is 2.33. The third kappa shape index (κ3) is 5.53. The van der Waals surface area contributed by atoms with E-state index in [1.54, 1.807) is 23.1 Å². The van der Waals surface area contributed by atoms with Crippen LogP contribution in [0.1, 0.15) is 30.8 Å². The van der Waals surface area contributed by atoms with Crippen LogP contribution in [-0.4, -0.2) is 47.3 Å². The van der Waals surface area contributed by atoms with Crippen molar-refractivity contribution >= 4 is 63.5 Å². The Kier molecular flexibility index (Phi) is 7.51. The van der Waals surface area contributed by atoms with Gasteiger partial charge in [0.25, 0.3) is 5.91 Å². The average Bonchev–Trinajstić information content (AvgIpc) is 3.37. The number of aryl methyl sites for hydroxylation is 1. The molecule has 1 saturated heterocycles. The molecule has 4 rings (SSSR count). The van der Waals surface area contributed by atoms with E-state index in [0.29, 0.717) is 43.0 Å². The van der Waals surface area contributed by atoms with Crippen molar-refractivity contribution in [2.24, 2.45) is 0 Å². The van der Waals surface area contributed by atoms with Crippen LogP contribution in [0.2, 0.25) is 10.0 Å². The summed E-state index contributed by atoms with van der Waals surface area (Å²) in [5.41, 5.74) is 2.14. The number of amides is 1. The molecule has 3 aromatic rings. The molecule has 7 nitrogen and oxygen atoms in total. The number of thiocarbonyl (C=S) groups is 1. The molecule has 32 heavy (non-hydrogen) atoms. The Labute approximate surface area is 204 Å². The molecule has 0 spiro atoms. The van der Waals surface area contributed by atoms with Crippen molar-refractivity contribution in [3.05, 3.63) is 62.9 Å². The zero-order chi connectivity index (χ0) is 22.5. The monoisotopic (exact) mass is 504 g/mol. The molecular weight excluding hydrogens is 487 g/mol. The summed E-state index contributed by atoms with van der Waals surface area (Å²) in [7, 11) is 0. The van der Waals surface area contributed by atoms with E-state index in [-0.39, 0.29) is 5.91 Å². The predicted molar refractivity (Wildman–Crippen MR) is 131 cm³/mol. The molecule has 0 atom stereocenters. The maximum absolute atomic E-state index is 12.9. The molecule has 1 amide bonds. The summed E-state index contributed by atoms with van der Waals surface area (Å²) < 4.78 is 0.566. The number of H-pyrrole nitrogens is 1. The van der Waals surface area contributed by atoms with Crippen molar-refractivity contribution in [3.8, 4) is 11.3 Å². The van der Waals surface area contributed by atoms with Gasteiger partial charge < -0.3 is 0 Å². The number of carbonyl (C=O) groups excluding carboxylic acids is 1. The summed E-state index contributed by atoms with van der Waals surface area (Å²) in [6.07, 6.45) is 5.24. The highest BCUT2D eigenvalue weighted by molar-refractivity contribution is 8.26. The van der Waals surface area contributed by atoms with Crippen molar-refractivity contribution in [3.63, 3.8) is 0 Å². The van der Waals surface area contributed by atoms with E-state index in [4.69, 9.17) is 35.4 Å². The summed E-state index contributed by atoms with van der Waals surface area (Å²) in [6, 6.07) is 10.9. The molecule has 0 bridgehead atoms. The maximum Gasteiger partial charge on any atom is 0.266 e. The quantitative estimate of drug-likeness (QED) is 0.256. The number of aromatic nitrogens is 5. The number of hydrogen-bond donors (Lipinski definition) is 1. The number of nitrogens with one attached hydrogen (secondary N) is 1. The Bertz CT molecular complexity index is 1170. The standard InChI is InChI=1S/C21H18Cl2N6OS2/c22-13-8-9-15(16(23)11-13)17-6-4-5-14(24-17)12-18-20(30)29(21(31)32-18)10-3-1-2-7-19-25-27-28-26-19/h4-6,8-9,11-12H,1-3,7,10H2,(H,25,26,27,28)/b18-12-. The van der Waals surface area contributed by atoms with Gasteiger partial charge in [0.05, 0.1) is 21.3 Å². The van der Waals surface area contributed by atoms with Crippen molar-refractivity contribution in [2.75, 3.05) is 6.54 Å². The molecule has 3 heterocycles. The first-order valence-electron chi connectivity index (χ1n) is 9.91. The van der Waals surface area contributed by atoms with Crippen molar-refractivity contribution in [1.82, 2.24) is 30.5 Å². The second-order valence-corrected chi connectivity index (χ2v) is 9.56. The number of hydrogen-bond acceptors (Lipinski definition) is 7. The molecule has 1 fully saturated rings. The van der Waals surface area contributed by atoms with Crippen LogP contribution >= 0.6 is 47.2 Å². The third-order valence-electron chi connectivity index (χ3n) is 4.80. The molecule has 0 saturated carbocycles. The second kappa shape index (κ2) is 10.5. The first kappa shape index (κ1) is 22.8. The topological polar surface area (TPSA) is 87.7 Å². The summed E-state index contributed by atoms with van der Waals surface area (Å²) >= 11 is 19.0. The van der Waals surface area contributed by atoms with E-state index in [2.05, 4.69) is 25.6 Å². The Hall–Kier alpha value is -2.33. The molecule has 0 aliphatic carbocycles. The number of pyridine rings is 1. The molecule has 0 radical (unpaired) electrons. The molecule has 11 heteroatoms. The Morgan fingerprint density at radius 3 is 2.81 bits per heavy atom. The normalized spacial score (nSPS) is 15.2. The van der Waals surface area contributed by atoms with Crippen LogP contribution < -0.4 is 0 Å². The number of carbonyl (C=O) groups is 1. The van der Waals surface area contributed by atoms with Gasteiger partial charge in [0.2, 0.25) is 0 Å². The molecular formula is C21H18Cl2N6OS2. The SMILES string of the molecule is O=C1/C(=C/c2cccc(-c3ccc(Cl)cc3Cl)n2)SC(=S)N1CCCCCc1nn[nH]n1. The summed E-state index contributed by atoms with van der Waals surface area (Å²) in [5, 5.41) is 14.9. The number of aromatic amines is 1. The third-order valence-corrected chi connectivity index (χ3v) is 6.73. The van der Waals surface area contributed by atoms with E-state index in [9.17, 15) is 4.79 Å². The molecule has 2 aromatic heterocycles. The van der Waals surface area contributed by atoms with E-state index in [0.717, 1.165) is 31.2 Å². The Balaban J connectivity index is 1.39. The number of halogens is 2. The van der Waals surface area contributed by atoms with Gasteiger partial charge in [-0.15, -0.1) is 10.2 Å². The first-order chi connectivity index (χ1) is 15.5. The highest BCUT2D eigenvalue weighted by atomic mass is 35.5. The van der Waals surface area contributed by atoms with Gasteiger partial charge in [-0.05, 0) is 49.2 Å². The number of benzene rings is 1. The van der Waals surface area contributed by atoms with Crippen LogP contribution in [0.25, 0.3) is 17.3 Å². The number of rotatable bonds is 8. The summed E-state index contributed by atoms with van der Waals surface area (Å²) in [4.78, 5) is 19.7. The van der Waals surface area contributed by atoms with Gasteiger partial charge in [-0.25, -0.2) is 4.98 Å². The lowest BCUT2D eigenvalue weighted by atomic mass is 10.1. The van der Waals surface area contributed by atoms with Crippen LogP contribution in [0, 0.1) is 0 Å². The summed E-state index contributed by atoms with van der Waals surface area (Å²) in [5.74, 6) is 0.614. The Morgan fingerprint density at radius 1 is 1.16 bits per heavy atom. The zero-order valence-electron chi connectivity index (χ0n) is 16.8. The average molecular weight is 505 g/mol. The van der Waals surface area contributed by atoms with Crippen LogP contribution in [0.3, 0.4) is 0 Å². The lowest BCUT2D eigenvalue weighted by Crippen LogP contribution is -2.29. The molecule has 1 aliphatic heterocycles. The van der Waals surface area contributed by atoms with Gasteiger partial charge in [0, 0.05) is 23.6 Å².